The standard InChI is InChI=1S/C22H40O3/c1-3-5-7-9-10-11-12-13-14-16-19(23)18-21-20(22(24)25-21)17-15-8-6-4-2/h12-13,19-21,23H,3-11,14-18H2,1-2H3. The van der Waals surface area contributed by atoms with Gasteiger partial charge in [0.2, 0.25) is 0 Å². The maximum absolute atomic E-state index is 11.6. The molecular formula is C22H40O3. The SMILES string of the molecule is CCCCCCCC=CCCC(O)CC1OC(=O)C1CCCCCC. The Balaban J connectivity index is 2.05. The highest BCUT2D eigenvalue weighted by Gasteiger charge is 2.42. The topological polar surface area (TPSA) is 46.5 Å². The Labute approximate surface area is 155 Å². The molecule has 1 rings (SSSR count). The van der Waals surface area contributed by atoms with Gasteiger partial charge in [0, 0.05) is 6.42 Å². The van der Waals surface area contributed by atoms with Crippen molar-refractivity contribution >= 4 is 5.97 Å². The molecule has 0 bridgehead atoms. The number of hydrogen-bond acceptors (Lipinski definition) is 3. The van der Waals surface area contributed by atoms with E-state index in [1.54, 1.807) is 0 Å². The second kappa shape index (κ2) is 14.4. The molecule has 25 heavy (non-hydrogen) atoms. The predicted molar refractivity (Wildman–Crippen MR) is 105 cm³/mol. The number of allylic oxidation sites excluding steroid dienone is 2. The molecule has 0 radical (unpaired) electrons. The van der Waals surface area contributed by atoms with Gasteiger partial charge in [0.25, 0.3) is 0 Å². The molecule has 1 aliphatic heterocycles. The molecule has 0 aromatic carbocycles. The first-order valence-electron chi connectivity index (χ1n) is 10.7. The van der Waals surface area contributed by atoms with Crippen LogP contribution in [0.3, 0.4) is 0 Å². The van der Waals surface area contributed by atoms with Crippen LogP contribution in [-0.2, 0) is 9.53 Å². The second-order valence-electron chi connectivity index (χ2n) is 7.57. The molecule has 0 aliphatic carbocycles. The summed E-state index contributed by atoms with van der Waals surface area (Å²) < 4.78 is 5.25. The van der Waals surface area contributed by atoms with Gasteiger partial charge < -0.3 is 9.84 Å². The van der Waals surface area contributed by atoms with Gasteiger partial charge >= 0.3 is 5.97 Å². The normalized spacial score (nSPS) is 21.3. The Morgan fingerprint density at radius 1 is 0.960 bits per heavy atom. The third kappa shape index (κ3) is 10.0. The number of ether oxygens (including phenoxy) is 1. The van der Waals surface area contributed by atoms with E-state index >= 15 is 0 Å². The third-order valence-corrected chi connectivity index (χ3v) is 5.20. The fourth-order valence-electron chi connectivity index (χ4n) is 3.48. The molecule has 0 aromatic heterocycles. The van der Waals surface area contributed by atoms with Crippen LogP contribution in [0, 0.1) is 5.92 Å². The van der Waals surface area contributed by atoms with Gasteiger partial charge in [-0.3, -0.25) is 4.79 Å². The fraction of sp³-hybridized carbons (Fsp3) is 0.864. The van der Waals surface area contributed by atoms with Gasteiger partial charge in [0.05, 0.1) is 12.0 Å². The van der Waals surface area contributed by atoms with Crippen LogP contribution in [0.1, 0.15) is 104 Å². The summed E-state index contributed by atoms with van der Waals surface area (Å²) >= 11 is 0. The van der Waals surface area contributed by atoms with Crippen LogP contribution in [0.4, 0.5) is 0 Å². The monoisotopic (exact) mass is 352 g/mol. The van der Waals surface area contributed by atoms with Crippen LogP contribution in [-0.4, -0.2) is 23.3 Å². The van der Waals surface area contributed by atoms with Gasteiger partial charge in [0.1, 0.15) is 6.10 Å². The van der Waals surface area contributed by atoms with Gasteiger partial charge in [-0.25, -0.2) is 0 Å². The molecule has 3 nitrogen and oxygen atoms in total. The number of carbonyl (C=O) groups excluding carboxylic acids is 1. The minimum atomic E-state index is -0.356. The zero-order chi connectivity index (χ0) is 18.3. The minimum Gasteiger partial charge on any atom is -0.461 e. The Hall–Kier alpha value is -0.830. The van der Waals surface area contributed by atoms with Gasteiger partial charge in [-0.05, 0) is 32.1 Å². The molecule has 1 aliphatic rings. The van der Waals surface area contributed by atoms with Gasteiger partial charge in [-0.1, -0.05) is 77.4 Å². The van der Waals surface area contributed by atoms with Crippen LogP contribution in [0.25, 0.3) is 0 Å². The summed E-state index contributed by atoms with van der Waals surface area (Å²) in [5, 5.41) is 10.2. The van der Waals surface area contributed by atoms with Crippen molar-refractivity contribution in [1.29, 1.82) is 0 Å². The molecule has 1 saturated heterocycles. The highest BCUT2D eigenvalue weighted by molar-refractivity contribution is 5.78. The average molecular weight is 353 g/mol. The molecule has 3 heteroatoms. The quantitative estimate of drug-likeness (QED) is 0.212. The second-order valence-corrected chi connectivity index (χ2v) is 7.57. The van der Waals surface area contributed by atoms with Gasteiger partial charge in [0.15, 0.2) is 0 Å². The number of rotatable bonds is 16. The maximum Gasteiger partial charge on any atom is 0.313 e. The molecule has 0 amide bonds. The lowest BCUT2D eigenvalue weighted by molar-refractivity contribution is -0.188. The van der Waals surface area contributed by atoms with E-state index in [-0.39, 0.29) is 24.1 Å². The van der Waals surface area contributed by atoms with Crippen LogP contribution in [0.2, 0.25) is 0 Å². The molecule has 1 heterocycles. The molecule has 0 saturated carbocycles. The molecule has 0 aromatic rings. The number of aliphatic hydroxyl groups is 1. The summed E-state index contributed by atoms with van der Waals surface area (Å²) in [6.45, 7) is 4.43. The zero-order valence-corrected chi connectivity index (χ0v) is 16.5. The number of carbonyl (C=O) groups is 1. The third-order valence-electron chi connectivity index (χ3n) is 5.20. The van der Waals surface area contributed by atoms with Crippen molar-refractivity contribution in [2.45, 2.75) is 116 Å². The number of cyclic esters (lactones) is 1. The van der Waals surface area contributed by atoms with E-state index in [2.05, 4.69) is 26.0 Å². The molecule has 146 valence electrons. The van der Waals surface area contributed by atoms with E-state index in [1.807, 2.05) is 0 Å². The molecule has 0 spiro atoms. The molecule has 1 fully saturated rings. The smallest absolute Gasteiger partial charge is 0.313 e. The Morgan fingerprint density at radius 2 is 1.60 bits per heavy atom. The minimum absolute atomic E-state index is 0.0326. The van der Waals surface area contributed by atoms with Crippen molar-refractivity contribution in [1.82, 2.24) is 0 Å². The zero-order valence-electron chi connectivity index (χ0n) is 16.5. The molecular weight excluding hydrogens is 312 g/mol. The molecule has 3 atom stereocenters. The van der Waals surface area contributed by atoms with E-state index in [4.69, 9.17) is 4.74 Å². The number of esters is 1. The van der Waals surface area contributed by atoms with Crippen LogP contribution in [0.5, 0.6) is 0 Å². The summed E-state index contributed by atoms with van der Waals surface area (Å²) in [4.78, 5) is 11.6. The Morgan fingerprint density at radius 3 is 2.28 bits per heavy atom. The van der Waals surface area contributed by atoms with Crippen LogP contribution < -0.4 is 0 Å². The number of aliphatic hydroxyl groups excluding tert-OH is 1. The number of unbranched alkanes of at least 4 members (excludes halogenated alkanes) is 8. The van der Waals surface area contributed by atoms with Crippen molar-refractivity contribution in [3.63, 3.8) is 0 Å². The highest BCUT2D eigenvalue weighted by atomic mass is 16.6. The lowest BCUT2D eigenvalue weighted by Gasteiger charge is -2.36. The van der Waals surface area contributed by atoms with E-state index in [1.165, 1.54) is 51.4 Å². The lowest BCUT2D eigenvalue weighted by Crippen LogP contribution is -2.46. The van der Waals surface area contributed by atoms with E-state index in [9.17, 15) is 9.90 Å². The van der Waals surface area contributed by atoms with E-state index in [0.717, 1.165) is 32.1 Å². The van der Waals surface area contributed by atoms with E-state index < -0.39 is 0 Å². The van der Waals surface area contributed by atoms with Crippen molar-refractivity contribution in [3.8, 4) is 0 Å². The van der Waals surface area contributed by atoms with Crippen molar-refractivity contribution < 1.29 is 14.6 Å². The largest absolute Gasteiger partial charge is 0.461 e. The van der Waals surface area contributed by atoms with E-state index in [0.29, 0.717) is 6.42 Å². The van der Waals surface area contributed by atoms with Crippen LogP contribution >= 0.6 is 0 Å². The predicted octanol–water partition coefficient (Wildman–Crippen LogP) is 5.95. The first-order valence-corrected chi connectivity index (χ1v) is 10.7. The Bertz CT molecular complexity index is 364. The van der Waals surface area contributed by atoms with Crippen LogP contribution in [0.15, 0.2) is 12.2 Å². The first kappa shape index (κ1) is 22.2. The van der Waals surface area contributed by atoms with Crippen molar-refractivity contribution in [2.75, 3.05) is 0 Å². The summed E-state index contributed by atoms with van der Waals surface area (Å²) in [5.41, 5.74) is 0. The van der Waals surface area contributed by atoms with Crippen molar-refractivity contribution in [2.24, 2.45) is 5.92 Å². The van der Waals surface area contributed by atoms with Crippen molar-refractivity contribution in [3.05, 3.63) is 12.2 Å². The highest BCUT2D eigenvalue weighted by Crippen LogP contribution is 2.31. The van der Waals surface area contributed by atoms with Gasteiger partial charge in [-0.15, -0.1) is 0 Å². The summed E-state index contributed by atoms with van der Waals surface area (Å²) in [6.07, 6.45) is 19.7. The fourth-order valence-corrected chi connectivity index (χ4v) is 3.48. The average Bonchev–Trinajstić information content (AvgIpc) is 2.59. The number of hydrogen-bond donors (Lipinski definition) is 1. The Kier molecular flexibility index (Phi) is 12.8. The summed E-state index contributed by atoms with van der Waals surface area (Å²) in [6, 6.07) is 0. The molecule has 3 unspecified atom stereocenters. The molecule has 1 N–H and O–H groups in total. The maximum atomic E-state index is 11.6. The summed E-state index contributed by atoms with van der Waals surface area (Å²) in [5.74, 6) is -0.0261. The van der Waals surface area contributed by atoms with Gasteiger partial charge in [-0.2, -0.15) is 0 Å². The lowest BCUT2D eigenvalue weighted by atomic mass is 9.87. The first-order chi connectivity index (χ1) is 12.2. The summed E-state index contributed by atoms with van der Waals surface area (Å²) in [7, 11) is 0.